The van der Waals surface area contributed by atoms with E-state index in [1.54, 1.807) is 31.3 Å². The Balaban J connectivity index is 1.56. The van der Waals surface area contributed by atoms with Gasteiger partial charge in [0.15, 0.2) is 5.82 Å². The number of anilines is 1. The van der Waals surface area contributed by atoms with Crippen molar-refractivity contribution in [2.24, 2.45) is 0 Å². The number of aromatic nitrogens is 4. The molecule has 0 saturated carbocycles. The Morgan fingerprint density at radius 2 is 2.43 bits per heavy atom. The van der Waals surface area contributed by atoms with Gasteiger partial charge in [0.2, 0.25) is 11.1 Å². The molecular formula is C14H15N5O2S2. The fourth-order valence-electron chi connectivity index (χ4n) is 1.85. The molecule has 23 heavy (non-hydrogen) atoms. The van der Waals surface area contributed by atoms with Crippen molar-refractivity contribution >= 4 is 34.8 Å². The summed E-state index contributed by atoms with van der Waals surface area (Å²) >= 11 is 2.97. The average molecular weight is 349 g/mol. The zero-order valence-electron chi connectivity index (χ0n) is 12.6. The number of hydrogen-bond acceptors (Lipinski definition) is 7. The molecule has 0 bridgehead atoms. The van der Waals surface area contributed by atoms with Crippen LogP contribution in [0, 0.1) is 6.92 Å². The Bertz CT molecular complexity index is 781. The predicted molar refractivity (Wildman–Crippen MR) is 88.7 cm³/mol. The smallest absolute Gasteiger partial charge is 0.238 e. The van der Waals surface area contributed by atoms with E-state index in [1.165, 1.54) is 16.6 Å². The van der Waals surface area contributed by atoms with Crippen molar-refractivity contribution in [1.82, 2.24) is 20.3 Å². The monoisotopic (exact) mass is 349 g/mol. The lowest BCUT2D eigenvalue weighted by molar-refractivity contribution is -0.115. The number of carbonyl (C=O) groups is 1. The van der Waals surface area contributed by atoms with Crippen molar-refractivity contribution in [3.05, 3.63) is 40.0 Å². The average Bonchev–Trinajstić information content (AvgIpc) is 3.24. The van der Waals surface area contributed by atoms with Crippen LogP contribution in [0.5, 0.6) is 0 Å². The van der Waals surface area contributed by atoms with Crippen LogP contribution in [0.1, 0.15) is 23.4 Å². The molecule has 0 aliphatic heterocycles. The van der Waals surface area contributed by atoms with Crippen LogP contribution in [-0.2, 0) is 11.2 Å². The molecule has 1 atom stereocenters. The van der Waals surface area contributed by atoms with E-state index in [0.29, 0.717) is 23.2 Å². The van der Waals surface area contributed by atoms with E-state index in [-0.39, 0.29) is 11.2 Å². The molecule has 3 heterocycles. The Labute approximate surface area is 140 Å². The van der Waals surface area contributed by atoms with Crippen LogP contribution in [0.4, 0.5) is 5.82 Å². The van der Waals surface area contributed by atoms with Crippen LogP contribution in [0.25, 0.3) is 0 Å². The van der Waals surface area contributed by atoms with E-state index in [4.69, 9.17) is 4.52 Å². The van der Waals surface area contributed by atoms with E-state index >= 15 is 0 Å². The Hall–Kier alpha value is -2.13. The van der Waals surface area contributed by atoms with Crippen LogP contribution in [0.15, 0.2) is 33.3 Å². The molecule has 3 rings (SSSR count). The lowest BCUT2D eigenvalue weighted by Crippen LogP contribution is -2.22. The zero-order chi connectivity index (χ0) is 16.2. The van der Waals surface area contributed by atoms with Crippen molar-refractivity contribution in [1.29, 1.82) is 0 Å². The number of carbonyl (C=O) groups excluding carboxylic acids is 1. The van der Waals surface area contributed by atoms with E-state index in [0.717, 1.165) is 5.82 Å². The summed E-state index contributed by atoms with van der Waals surface area (Å²) in [5, 5.41) is 15.7. The van der Waals surface area contributed by atoms with Crippen LogP contribution >= 0.6 is 23.1 Å². The van der Waals surface area contributed by atoms with Gasteiger partial charge in [0.1, 0.15) is 11.6 Å². The molecule has 120 valence electrons. The van der Waals surface area contributed by atoms with E-state index < -0.39 is 0 Å². The standard InChI is InChI=1S/C14H15N5O2S2/c1-8-6-12(19-21-8)15-13(20)9(2)23-14-16-11(17-18-14)7-10-4-3-5-22-10/h3-6,9H,7H2,1-2H3,(H,15,19,20)(H,16,17,18)/t9-/m0/s1. The Morgan fingerprint density at radius 1 is 1.57 bits per heavy atom. The fraction of sp³-hybridized carbons (Fsp3) is 0.286. The summed E-state index contributed by atoms with van der Waals surface area (Å²) in [4.78, 5) is 17.7. The summed E-state index contributed by atoms with van der Waals surface area (Å²) in [6, 6.07) is 5.72. The minimum Gasteiger partial charge on any atom is -0.360 e. The molecule has 1 amide bonds. The second-order valence-electron chi connectivity index (χ2n) is 4.89. The SMILES string of the molecule is Cc1cc(NC(=O)[C@H](C)Sc2n[nH]c(Cc3cccs3)n2)no1. The van der Waals surface area contributed by atoms with Gasteiger partial charge in [-0.3, -0.25) is 9.89 Å². The third-order valence-electron chi connectivity index (χ3n) is 2.96. The molecule has 0 aliphatic rings. The van der Waals surface area contributed by atoms with Gasteiger partial charge in [-0.15, -0.1) is 16.4 Å². The highest BCUT2D eigenvalue weighted by Gasteiger charge is 2.18. The normalized spacial score (nSPS) is 12.3. The van der Waals surface area contributed by atoms with Gasteiger partial charge in [-0.2, -0.15) is 0 Å². The van der Waals surface area contributed by atoms with Gasteiger partial charge in [0.25, 0.3) is 0 Å². The maximum absolute atomic E-state index is 12.1. The highest BCUT2D eigenvalue weighted by atomic mass is 32.2. The Kier molecular flexibility index (Phi) is 4.77. The van der Waals surface area contributed by atoms with Crippen molar-refractivity contribution in [3.8, 4) is 0 Å². The largest absolute Gasteiger partial charge is 0.360 e. The molecule has 0 aromatic carbocycles. The van der Waals surface area contributed by atoms with Crippen molar-refractivity contribution in [3.63, 3.8) is 0 Å². The summed E-state index contributed by atoms with van der Waals surface area (Å²) in [7, 11) is 0. The summed E-state index contributed by atoms with van der Waals surface area (Å²) in [6.07, 6.45) is 0.712. The highest BCUT2D eigenvalue weighted by Crippen LogP contribution is 2.21. The maximum atomic E-state index is 12.1. The molecule has 0 fully saturated rings. The van der Waals surface area contributed by atoms with Gasteiger partial charge in [0.05, 0.1) is 5.25 Å². The summed E-state index contributed by atoms with van der Waals surface area (Å²) in [5.41, 5.74) is 0. The first-order valence-corrected chi connectivity index (χ1v) is 8.70. The molecule has 3 aromatic rings. The van der Waals surface area contributed by atoms with Crippen LogP contribution in [0.3, 0.4) is 0 Å². The third-order valence-corrected chi connectivity index (χ3v) is 4.80. The van der Waals surface area contributed by atoms with Crippen molar-refractivity contribution in [2.75, 3.05) is 5.32 Å². The number of rotatable bonds is 6. The molecule has 3 aromatic heterocycles. The summed E-state index contributed by atoms with van der Waals surface area (Å²) in [6.45, 7) is 3.56. The van der Waals surface area contributed by atoms with E-state index in [9.17, 15) is 4.79 Å². The van der Waals surface area contributed by atoms with Crippen LogP contribution in [-0.4, -0.2) is 31.5 Å². The summed E-state index contributed by atoms with van der Waals surface area (Å²) in [5.74, 6) is 1.67. The Morgan fingerprint density at radius 3 is 3.13 bits per heavy atom. The molecule has 7 nitrogen and oxygen atoms in total. The topological polar surface area (TPSA) is 96.7 Å². The first-order chi connectivity index (χ1) is 11.1. The summed E-state index contributed by atoms with van der Waals surface area (Å²) < 4.78 is 4.92. The van der Waals surface area contributed by atoms with Gasteiger partial charge >= 0.3 is 0 Å². The number of aryl methyl sites for hydroxylation is 1. The van der Waals surface area contributed by atoms with Crippen LogP contribution < -0.4 is 5.32 Å². The second-order valence-corrected chi connectivity index (χ2v) is 7.23. The van der Waals surface area contributed by atoms with Gasteiger partial charge in [0, 0.05) is 17.4 Å². The van der Waals surface area contributed by atoms with E-state index in [1.807, 2.05) is 11.4 Å². The number of hydrogen-bond donors (Lipinski definition) is 2. The molecule has 0 saturated heterocycles. The fourth-order valence-corrected chi connectivity index (χ4v) is 3.31. The molecule has 0 unspecified atom stereocenters. The van der Waals surface area contributed by atoms with Crippen molar-refractivity contribution in [2.45, 2.75) is 30.7 Å². The molecule has 0 aliphatic carbocycles. The first-order valence-electron chi connectivity index (χ1n) is 6.94. The zero-order valence-corrected chi connectivity index (χ0v) is 14.2. The molecule has 0 radical (unpaired) electrons. The number of thiophene rings is 1. The van der Waals surface area contributed by atoms with Gasteiger partial charge < -0.3 is 9.84 Å². The van der Waals surface area contributed by atoms with Gasteiger partial charge in [-0.1, -0.05) is 23.0 Å². The molecular weight excluding hydrogens is 334 g/mol. The van der Waals surface area contributed by atoms with Crippen LogP contribution in [0.2, 0.25) is 0 Å². The number of amides is 1. The minimum atomic E-state index is -0.350. The number of H-pyrrole nitrogens is 1. The van der Waals surface area contributed by atoms with E-state index in [2.05, 4.69) is 31.7 Å². The highest BCUT2D eigenvalue weighted by molar-refractivity contribution is 8.00. The molecule has 9 heteroatoms. The predicted octanol–water partition coefficient (Wildman–Crippen LogP) is 2.87. The number of aromatic amines is 1. The number of nitrogens with zero attached hydrogens (tertiary/aromatic N) is 3. The maximum Gasteiger partial charge on any atom is 0.238 e. The minimum absolute atomic E-state index is 0.173. The second kappa shape index (κ2) is 6.97. The lowest BCUT2D eigenvalue weighted by atomic mass is 10.3. The number of nitrogens with one attached hydrogen (secondary N) is 2. The number of thioether (sulfide) groups is 1. The first kappa shape index (κ1) is 15.8. The molecule has 2 N–H and O–H groups in total. The molecule has 0 spiro atoms. The third kappa shape index (κ3) is 4.20. The quantitative estimate of drug-likeness (QED) is 0.664. The lowest BCUT2D eigenvalue weighted by Gasteiger charge is -2.07. The van der Waals surface area contributed by atoms with Crippen molar-refractivity contribution < 1.29 is 9.32 Å². The van der Waals surface area contributed by atoms with Gasteiger partial charge in [-0.05, 0) is 25.3 Å². The van der Waals surface area contributed by atoms with Gasteiger partial charge in [-0.25, -0.2) is 4.98 Å².